The first-order chi connectivity index (χ1) is 7.00. The predicted octanol–water partition coefficient (Wildman–Crippen LogP) is 0.760. The normalized spacial score (nSPS) is 12.5. The van der Waals surface area contributed by atoms with Crippen molar-refractivity contribution >= 4 is 11.9 Å². The zero-order chi connectivity index (χ0) is 13.1. The molecule has 2 N–H and O–H groups in total. The summed E-state index contributed by atoms with van der Waals surface area (Å²) in [6.45, 7) is 11.2. The molecule has 0 amide bonds. The van der Waals surface area contributed by atoms with Gasteiger partial charge in [0.2, 0.25) is 0 Å². The molecule has 0 aliphatic rings. The van der Waals surface area contributed by atoms with Crippen LogP contribution in [-0.2, 0) is 19.3 Å². The summed E-state index contributed by atoms with van der Waals surface area (Å²) < 4.78 is 0. The summed E-state index contributed by atoms with van der Waals surface area (Å²) in [6.07, 6.45) is 0. The molecular weight excluding hydrogens is 212 g/mol. The zero-order valence-corrected chi connectivity index (χ0v) is 10.7. The average molecular weight is 232 g/mol. The van der Waals surface area contributed by atoms with E-state index in [1.807, 2.05) is 41.5 Å². The molecule has 0 aromatic heterocycles. The van der Waals surface area contributed by atoms with Crippen molar-refractivity contribution in [3.8, 4) is 0 Å². The minimum atomic E-state index is -1.22. The van der Waals surface area contributed by atoms with E-state index >= 15 is 0 Å². The monoisotopic (exact) mass is 232 g/mol. The van der Waals surface area contributed by atoms with Crippen LogP contribution in [0.4, 0.5) is 0 Å². The van der Waals surface area contributed by atoms with Gasteiger partial charge in [0.05, 0.1) is 0 Å². The Morgan fingerprint density at radius 2 is 1.31 bits per heavy atom. The number of carbonyl (C=O) groups is 2. The van der Waals surface area contributed by atoms with Gasteiger partial charge in [0, 0.05) is 11.1 Å². The molecule has 0 saturated carbocycles. The summed E-state index contributed by atoms with van der Waals surface area (Å²) in [5.74, 6) is 2.24. The number of hydrogen-bond acceptors (Lipinski definition) is 6. The van der Waals surface area contributed by atoms with Gasteiger partial charge >= 0.3 is 11.9 Å². The van der Waals surface area contributed by atoms with Gasteiger partial charge in [-0.25, -0.2) is 9.59 Å². The summed E-state index contributed by atoms with van der Waals surface area (Å²) in [7, 11) is 0. The molecule has 0 unspecified atom stereocenters. The molecular formula is C10H20N2O4. The highest BCUT2D eigenvalue weighted by Crippen LogP contribution is 2.25. The Morgan fingerprint density at radius 1 is 0.938 bits per heavy atom. The van der Waals surface area contributed by atoms with Gasteiger partial charge in [-0.2, -0.15) is 5.90 Å². The molecule has 94 valence electrons. The molecule has 0 spiro atoms. The Balaban J connectivity index is 4.85. The molecule has 0 aliphatic carbocycles. The van der Waals surface area contributed by atoms with Crippen LogP contribution in [0.5, 0.6) is 0 Å². The molecule has 0 heterocycles. The summed E-state index contributed by atoms with van der Waals surface area (Å²) in [4.78, 5) is 30.9. The molecule has 0 atom stereocenters. The third-order valence-electron chi connectivity index (χ3n) is 1.67. The minimum Gasteiger partial charge on any atom is -0.365 e. The summed E-state index contributed by atoms with van der Waals surface area (Å²) in [5, 5.41) is 1.43. The first-order valence-corrected chi connectivity index (χ1v) is 4.93. The van der Waals surface area contributed by atoms with Crippen molar-refractivity contribution in [1.82, 2.24) is 5.06 Å². The quantitative estimate of drug-likeness (QED) is 0.531. The van der Waals surface area contributed by atoms with Crippen molar-refractivity contribution in [2.45, 2.75) is 52.6 Å². The van der Waals surface area contributed by atoms with Gasteiger partial charge in [-0.05, 0) is 41.5 Å². The third kappa shape index (κ3) is 4.16. The van der Waals surface area contributed by atoms with Crippen LogP contribution in [0.15, 0.2) is 0 Å². The molecule has 6 heteroatoms. The lowest BCUT2D eigenvalue weighted by molar-refractivity contribution is -0.247. The van der Waals surface area contributed by atoms with E-state index in [0.29, 0.717) is 0 Å². The molecule has 0 aromatic rings. The molecule has 0 aliphatic heterocycles. The van der Waals surface area contributed by atoms with Crippen molar-refractivity contribution in [3.05, 3.63) is 0 Å². The zero-order valence-electron chi connectivity index (χ0n) is 10.7. The number of nitrogens with zero attached hydrogens (tertiary/aromatic N) is 1. The summed E-state index contributed by atoms with van der Waals surface area (Å²) in [5.41, 5.74) is -0.883. The van der Waals surface area contributed by atoms with Gasteiger partial charge < -0.3 is 9.68 Å². The topological polar surface area (TPSA) is 81.9 Å². The molecule has 0 rings (SSSR count). The van der Waals surface area contributed by atoms with E-state index in [2.05, 4.69) is 10.7 Å². The van der Waals surface area contributed by atoms with Crippen LogP contribution < -0.4 is 5.90 Å². The first kappa shape index (κ1) is 14.9. The Hall–Kier alpha value is -1.14. The SMILES string of the molecule is CC(C)(C)N(OC(=O)C(=O)ON)C(C)(C)C. The molecule has 16 heavy (non-hydrogen) atoms. The van der Waals surface area contributed by atoms with Crippen LogP contribution >= 0.6 is 0 Å². The van der Waals surface area contributed by atoms with E-state index in [0.717, 1.165) is 0 Å². The lowest BCUT2D eigenvalue weighted by Gasteiger charge is -2.42. The Bertz CT molecular complexity index is 262. The van der Waals surface area contributed by atoms with Gasteiger partial charge in [-0.15, -0.1) is 5.06 Å². The number of hydrogen-bond donors (Lipinski definition) is 1. The summed E-state index contributed by atoms with van der Waals surface area (Å²) >= 11 is 0. The largest absolute Gasteiger partial charge is 0.438 e. The third-order valence-corrected chi connectivity index (χ3v) is 1.67. The maximum absolute atomic E-state index is 11.3. The second-order valence-electron chi connectivity index (χ2n) is 5.42. The highest BCUT2D eigenvalue weighted by Gasteiger charge is 2.37. The number of carbonyl (C=O) groups excluding carboxylic acids is 2. The van der Waals surface area contributed by atoms with Crippen LogP contribution in [0, 0.1) is 0 Å². The van der Waals surface area contributed by atoms with E-state index in [-0.39, 0.29) is 0 Å². The van der Waals surface area contributed by atoms with Crippen molar-refractivity contribution in [2.75, 3.05) is 0 Å². The Labute approximate surface area is 95.6 Å². The molecule has 0 radical (unpaired) electrons. The van der Waals surface area contributed by atoms with Gasteiger partial charge in [0.25, 0.3) is 0 Å². The van der Waals surface area contributed by atoms with Crippen molar-refractivity contribution in [3.63, 3.8) is 0 Å². The highest BCUT2D eigenvalue weighted by atomic mass is 16.7. The van der Waals surface area contributed by atoms with Crippen LogP contribution in [-0.4, -0.2) is 28.1 Å². The minimum absolute atomic E-state index is 0.442. The lowest BCUT2D eigenvalue weighted by atomic mass is 10.00. The fourth-order valence-corrected chi connectivity index (χ4v) is 1.45. The maximum Gasteiger partial charge on any atom is 0.438 e. The van der Waals surface area contributed by atoms with Gasteiger partial charge in [-0.1, -0.05) is 0 Å². The fraction of sp³-hybridized carbons (Fsp3) is 0.800. The van der Waals surface area contributed by atoms with E-state index in [4.69, 9.17) is 4.84 Å². The molecule has 0 aromatic carbocycles. The van der Waals surface area contributed by atoms with E-state index in [9.17, 15) is 9.59 Å². The number of nitrogens with two attached hydrogens (primary N) is 1. The van der Waals surface area contributed by atoms with Crippen molar-refractivity contribution < 1.29 is 19.3 Å². The van der Waals surface area contributed by atoms with Crippen LogP contribution in [0.2, 0.25) is 0 Å². The standard InChI is InChI=1S/C10H20N2O4/c1-9(2,3)12(10(4,5)6)16-8(14)7(13)15-11/h11H2,1-6H3. The first-order valence-electron chi connectivity index (χ1n) is 4.93. The Morgan fingerprint density at radius 3 is 1.56 bits per heavy atom. The van der Waals surface area contributed by atoms with Gasteiger partial charge in [0.15, 0.2) is 0 Å². The van der Waals surface area contributed by atoms with E-state index in [1.54, 1.807) is 0 Å². The van der Waals surface area contributed by atoms with Gasteiger partial charge in [0.1, 0.15) is 0 Å². The van der Waals surface area contributed by atoms with Gasteiger partial charge in [-0.3, -0.25) is 0 Å². The number of hydroxylamine groups is 2. The second kappa shape index (κ2) is 4.80. The van der Waals surface area contributed by atoms with Crippen LogP contribution in [0.1, 0.15) is 41.5 Å². The summed E-state index contributed by atoms with van der Waals surface area (Å²) in [6, 6.07) is 0. The van der Waals surface area contributed by atoms with Crippen molar-refractivity contribution in [1.29, 1.82) is 0 Å². The fourth-order valence-electron chi connectivity index (χ4n) is 1.45. The predicted molar refractivity (Wildman–Crippen MR) is 57.7 cm³/mol. The molecule has 0 fully saturated rings. The highest BCUT2D eigenvalue weighted by molar-refractivity contribution is 6.29. The molecule has 0 bridgehead atoms. The average Bonchev–Trinajstić information content (AvgIpc) is 2.08. The molecule has 6 nitrogen and oxygen atoms in total. The van der Waals surface area contributed by atoms with Crippen molar-refractivity contribution in [2.24, 2.45) is 5.90 Å². The van der Waals surface area contributed by atoms with E-state index < -0.39 is 23.0 Å². The van der Waals surface area contributed by atoms with Crippen LogP contribution in [0.3, 0.4) is 0 Å². The Kier molecular flexibility index (Phi) is 4.45. The second-order valence-corrected chi connectivity index (χ2v) is 5.42. The smallest absolute Gasteiger partial charge is 0.365 e. The lowest BCUT2D eigenvalue weighted by Crippen LogP contribution is -2.54. The van der Waals surface area contributed by atoms with E-state index in [1.165, 1.54) is 5.06 Å². The van der Waals surface area contributed by atoms with Crippen LogP contribution in [0.25, 0.3) is 0 Å². The number of rotatable bonds is 1. The molecule has 0 saturated heterocycles. The maximum atomic E-state index is 11.3.